The van der Waals surface area contributed by atoms with Gasteiger partial charge in [0.05, 0.1) is 5.69 Å². The molecule has 0 unspecified atom stereocenters. The lowest BCUT2D eigenvalue weighted by molar-refractivity contribution is 0.0827. The third kappa shape index (κ3) is 3.26. The zero-order valence-corrected chi connectivity index (χ0v) is 11.7. The third-order valence-corrected chi connectivity index (χ3v) is 3.46. The van der Waals surface area contributed by atoms with E-state index in [1.807, 2.05) is 17.5 Å². The third-order valence-electron chi connectivity index (χ3n) is 2.61. The van der Waals surface area contributed by atoms with Crippen LogP contribution in [0.1, 0.15) is 15.2 Å². The van der Waals surface area contributed by atoms with E-state index in [9.17, 15) is 4.79 Å². The van der Waals surface area contributed by atoms with Crippen molar-refractivity contribution in [2.24, 2.45) is 0 Å². The van der Waals surface area contributed by atoms with Crippen molar-refractivity contribution >= 4 is 22.9 Å². The van der Waals surface area contributed by atoms with Gasteiger partial charge >= 0.3 is 0 Å². The van der Waals surface area contributed by atoms with Crippen molar-refractivity contribution < 1.29 is 9.53 Å². The van der Waals surface area contributed by atoms with Crippen molar-refractivity contribution in [1.82, 2.24) is 4.90 Å². The molecule has 0 radical (unpaired) electrons. The summed E-state index contributed by atoms with van der Waals surface area (Å²) in [5, 5.41) is 2.00. The average Bonchev–Trinajstić information content (AvgIpc) is 2.89. The van der Waals surface area contributed by atoms with E-state index < -0.39 is 0 Å². The minimum Gasteiger partial charge on any atom is -0.486 e. The minimum atomic E-state index is -0.0727. The second-order valence-corrected chi connectivity index (χ2v) is 5.35. The number of nitrogens with two attached hydrogens (primary N) is 1. The quantitative estimate of drug-likeness (QED) is 0.873. The molecule has 1 aromatic carbocycles. The number of carbonyl (C=O) groups excluding carboxylic acids is 1. The molecular formula is C14H16N2O2S. The average molecular weight is 276 g/mol. The fourth-order valence-electron chi connectivity index (χ4n) is 1.61. The van der Waals surface area contributed by atoms with Gasteiger partial charge in [-0.3, -0.25) is 4.79 Å². The van der Waals surface area contributed by atoms with E-state index >= 15 is 0 Å². The standard InChI is InChI=1S/C14H16N2O2S/c1-16(2)14(17)10-5-6-13(12(15)8-10)18-9-11-4-3-7-19-11/h3-8H,9,15H2,1-2H3. The summed E-state index contributed by atoms with van der Waals surface area (Å²) in [6.07, 6.45) is 0. The zero-order valence-electron chi connectivity index (χ0n) is 10.9. The summed E-state index contributed by atoms with van der Waals surface area (Å²) in [6, 6.07) is 9.09. The van der Waals surface area contributed by atoms with Crippen molar-refractivity contribution in [1.29, 1.82) is 0 Å². The van der Waals surface area contributed by atoms with Crippen LogP contribution < -0.4 is 10.5 Å². The topological polar surface area (TPSA) is 55.6 Å². The molecule has 19 heavy (non-hydrogen) atoms. The van der Waals surface area contributed by atoms with Gasteiger partial charge in [-0.2, -0.15) is 0 Å². The summed E-state index contributed by atoms with van der Waals surface area (Å²) in [5.41, 5.74) is 6.94. The number of ether oxygens (including phenoxy) is 1. The number of nitrogen functional groups attached to an aromatic ring is 1. The van der Waals surface area contributed by atoms with Gasteiger partial charge < -0.3 is 15.4 Å². The molecular weight excluding hydrogens is 260 g/mol. The molecule has 0 fully saturated rings. The SMILES string of the molecule is CN(C)C(=O)c1ccc(OCc2cccs2)c(N)c1. The van der Waals surface area contributed by atoms with E-state index in [4.69, 9.17) is 10.5 Å². The first-order valence-corrected chi connectivity index (χ1v) is 6.72. The van der Waals surface area contributed by atoms with E-state index in [1.54, 1.807) is 43.6 Å². The summed E-state index contributed by atoms with van der Waals surface area (Å²) in [4.78, 5) is 14.4. The Balaban J connectivity index is 2.09. The van der Waals surface area contributed by atoms with E-state index in [-0.39, 0.29) is 5.91 Å². The molecule has 2 aromatic rings. The fourth-order valence-corrected chi connectivity index (χ4v) is 2.23. The number of nitrogens with zero attached hydrogens (tertiary/aromatic N) is 1. The van der Waals surface area contributed by atoms with Crippen LogP contribution in [-0.2, 0) is 6.61 Å². The lowest BCUT2D eigenvalue weighted by Crippen LogP contribution is -2.21. The van der Waals surface area contributed by atoms with Crippen LogP contribution in [0, 0.1) is 0 Å². The number of rotatable bonds is 4. The molecule has 1 heterocycles. The smallest absolute Gasteiger partial charge is 0.253 e. The second kappa shape index (κ2) is 5.75. The fraction of sp³-hybridized carbons (Fsp3) is 0.214. The molecule has 2 N–H and O–H groups in total. The normalized spacial score (nSPS) is 10.2. The lowest BCUT2D eigenvalue weighted by atomic mass is 10.1. The largest absolute Gasteiger partial charge is 0.486 e. The van der Waals surface area contributed by atoms with E-state index in [2.05, 4.69) is 0 Å². The van der Waals surface area contributed by atoms with Crippen LogP contribution in [0.3, 0.4) is 0 Å². The summed E-state index contributed by atoms with van der Waals surface area (Å²) in [6.45, 7) is 0.489. The lowest BCUT2D eigenvalue weighted by Gasteiger charge is -2.12. The molecule has 0 aliphatic rings. The van der Waals surface area contributed by atoms with Crippen LogP contribution in [0.15, 0.2) is 35.7 Å². The molecule has 2 rings (SSSR count). The number of hydrogen-bond acceptors (Lipinski definition) is 4. The van der Waals surface area contributed by atoms with Gasteiger partial charge in [0.1, 0.15) is 12.4 Å². The Morgan fingerprint density at radius 2 is 2.16 bits per heavy atom. The summed E-state index contributed by atoms with van der Waals surface area (Å²) in [5.74, 6) is 0.528. The van der Waals surface area contributed by atoms with Crippen LogP contribution in [0.25, 0.3) is 0 Å². The van der Waals surface area contributed by atoms with Gasteiger partial charge in [-0.05, 0) is 29.6 Å². The van der Waals surface area contributed by atoms with Gasteiger partial charge in [0.15, 0.2) is 0 Å². The van der Waals surface area contributed by atoms with Gasteiger partial charge in [-0.1, -0.05) is 6.07 Å². The Bertz CT molecular complexity index is 565. The van der Waals surface area contributed by atoms with E-state index in [1.165, 1.54) is 4.90 Å². The Morgan fingerprint density at radius 1 is 1.37 bits per heavy atom. The Hall–Kier alpha value is -2.01. The molecule has 0 bridgehead atoms. The van der Waals surface area contributed by atoms with Gasteiger partial charge in [-0.15, -0.1) is 11.3 Å². The molecule has 0 spiro atoms. The van der Waals surface area contributed by atoms with Crippen LogP contribution in [0.2, 0.25) is 0 Å². The van der Waals surface area contributed by atoms with Crippen LogP contribution in [-0.4, -0.2) is 24.9 Å². The molecule has 1 amide bonds. The highest BCUT2D eigenvalue weighted by Gasteiger charge is 2.10. The molecule has 0 aliphatic carbocycles. The maximum absolute atomic E-state index is 11.8. The van der Waals surface area contributed by atoms with Crippen molar-refractivity contribution in [3.8, 4) is 5.75 Å². The van der Waals surface area contributed by atoms with Crippen LogP contribution in [0.5, 0.6) is 5.75 Å². The predicted octanol–water partition coefficient (Wildman–Crippen LogP) is 2.61. The van der Waals surface area contributed by atoms with Crippen molar-refractivity contribution in [2.75, 3.05) is 19.8 Å². The highest BCUT2D eigenvalue weighted by molar-refractivity contribution is 7.09. The number of anilines is 1. The van der Waals surface area contributed by atoms with Gasteiger partial charge in [0, 0.05) is 24.5 Å². The number of benzene rings is 1. The molecule has 1 aromatic heterocycles. The summed E-state index contributed by atoms with van der Waals surface area (Å²) >= 11 is 1.63. The number of thiophene rings is 1. The van der Waals surface area contributed by atoms with E-state index in [0.29, 0.717) is 23.6 Å². The first-order chi connectivity index (χ1) is 9.08. The number of carbonyl (C=O) groups is 1. The molecule has 0 atom stereocenters. The molecule has 5 heteroatoms. The molecule has 0 saturated carbocycles. The van der Waals surface area contributed by atoms with Crippen molar-refractivity contribution in [2.45, 2.75) is 6.61 Å². The Labute approximate surface area is 116 Å². The predicted molar refractivity (Wildman–Crippen MR) is 77.5 cm³/mol. The molecule has 0 aliphatic heterocycles. The van der Waals surface area contributed by atoms with Crippen LogP contribution in [0.4, 0.5) is 5.69 Å². The zero-order chi connectivity index (χ0) is 13.8. The summed E-state index contributed by atoms with van der Waals surface area (Å²) in [7, 11) is 3.42. The van der Waals surface area contributed by atoms with Crippen molar-refractivity contribution in [3.63, 3.8) is 0 Å². The van der Waals surface area contributed by atoms with Crippen molar-refractivity contribution in [3.05, 3.63) is 46.2 Å². The first-order valence-electron chi connectivity index (χ1n) is 5.84. The van der Waals surface area contributed by atoms with Gasteiger partial charge in [-0.25, -0.2) is 0 Å². The van der Waals surface area contributed by atoms with Gasteiger partial charge in [0.2, 0.25) is 0 Å². The summed E-state index contributed by atoms with van der Waals surface area (Å²) < 4.78 is 5.64. The van der Waals surface area contributed by atoms with E-state index in [0.717, 1.165) is 4.88 Å². The maximum atomic E-state index is 11.8. The number of hydrogen-bond donors (Lipinski definition) is 1. The Morgan fingerprint density at radius 3 is 2.74 bits per heavy atom. The monoisotopic (exact) mass is 276 g/mol. The molecule has 100 valence electrons. The van der Waals surface area contributed by atoms with Crippen LogP contribution >= 0.6 is 11.3 Å². The number of amides is 1. The maximum Gasteiger partial charge on any atom is 0.253 e. The molecule has 4 nitrogen and oxygen atoms in total. The van der Waals surface area contributed by atoms with Gasteiger partial charge in [0.25, 0.3) is 5.91 Å². The second-order valence-electron chi connectivity index (χ2n) is 4.32. The minimum absolute atomic E-state index is 0.0727. The Kier molecular flexibility index (Phi) is 4.06. The molecule has 0 saturated heterocycles. The highest BCUT2D eigenvalue weighted by atomic mass is 32.1. The first kappa shape index (κ1) is 13.4. The highest BCUT2D eigenvalue weighted by Crippen LogP contribution is 2.24.